The first kappa shape index (κ1) is 28.8. The second-order valence-electron chi connectivity index (χ2n) is 6.98. The van der Waals surface area contributed by atoms with Crippen LogP contribution in [0.15, 0.2) is 0 Å². The van der Waals surface area contributed by atoms with E-state index >= 15 is 0 Å². The Kier molecular flexibility index (Phi) is 21.6. The molecule has 30 heavy (non-hydrogen) atoms. The van der Waals surface area contributed by atoms with Crippen LogP contribution in [0.4, 0.5) is 0 Å². The number of rotatable bonds is 22. The molecule has 0 N–H and O–H groups in total. The maximum Gasteiger partial charge on any atom is 0.308 e. The van der Waals surface area contributed by atoms with Crippen molar-refractivity contribution in [2.75, 3.05) is 66.1 Å². The third-order valence-electron chi connectivity index (χ3n) is 4.07. The topological polar surface area (TPSA) is 89.5 Å². The van der Waals surface area contributed by atoms with Crippen LogP contribution in [0.25, 0.3) is 0 Å². The number of hydrogen-bond donors (Lipinski definition) is 0. The minimum atomic E-state index is -0.240. The second-order valence-corrected chi connectivity index (χ2v) is 6.98. The van der Waals surface area contributed by atoms with Gasteiger partial charge in [0.05, 0.1) is 45.6 Å². The molecule has 178 valence electrons. The lowest BCUT2D eigenvalue weighted by atomic mass is 10.0. The molecule has 0 bridgehead atoms. The van der Waals surface area contributed by atoms with Crippen LogP contribution in [0.1, 0.15) is 59.3 Å². The van der Waals surface area contributed by atoms with E-state index in [0.717, 1.165) is 32.5 Å². The Balaban J connectivity index is 3.46. The summed E-state index contributed by atoms with van der Waals surface area (Å²) in [6, 6.07) is 0. The van der Waals surface area contributed by atoms with Crippen molar-refractivity contribution in [1.82, 2.24) is 0 Å². The molecule has 0 aromatic carbocycles. The molecule has 0 aliphatic heterocycles. The summed E-state index contributed by atoms with van der Waals surface area (Å²) in [6.07, 6.45) is 4.45. The Morgan fingerprint density at radius 1 is 0.633 bits per heavy atom. The Morgan fingerprint density at radius 2 is 1.10 bits per heavy atom. The molecule has 0 aromatic rings. The molecule has 0 aliphatic rings. The summed E-state index contributed by atoms with van der Waals surface area (Å²) >= 11 is 0. The third kappa shape index (κ3) is 20.1. The number of esters is 2. The summed E-state index contributed by atoms with van der Waals surface area (Å²) in [5.41, 5.74) is 0. The van der Waals surface area contributed by atoms with Crippen LogP contribution >= 0.6 is 0 Å². The fraction of sp³-hybridized carbons (Fsp3) is 0.909. The lowest BCUT2D eigenvalue weighted by Crippen LogP contribution is -2.18. The van der Waals surface area contributed by atoms with Gasteiger partial charge < -0.3 is 28.4 Å². The molecule has 1 unspecified atom stereocenters. The van der Waals surface area contributed by atoms with Gasteiger partial charge in [-0.15, -0.1) is 0 Å². The molecule has 0 fully saturated rings. The molecule has 0 aromatic heterocycles. The van der Waals surface area contributed by atoms with Crippen LogP contribution in [0.3, 0.4) is 0 Å². The van der Waals surface area contributed by atoms with Gasteiger partial charge in [0.1, 0.15) is 13.2 Å². The average Bonchev–Trinajstić information content (AvgIpc) is 2.74. The van der Waals surface area contributed by atoms with E-state index < -0.39 is 0 Å². The quantitative estimate of drug-likeness (QED) is 0.190. The van der Waals surface area contributed by atoms with Crippen molar-refractivity contribution >= 4 is 11.9 Å². The Labute approximate surface area is 181 Å². The summed E-state index contributed by atoms with van der Waals surface area (Å²) in [6.45, 7) is 10.8. The highest BCUT2D eigenvalue weighted by atomic mass is 16.6. The Bertz CT molecular complexity index is 403. The highest BCUT2D eigenvalue weighted by molar-refractivity contribution is 5.72. The summed E-state index contributed by atoms with van der Waals surface area (Å²) in [7, 11) is 0. The van der Waals surface area contributed by atoms with Crippen LogP contribution in [0.5, 0.6) is 0 Å². The summed E-state index contributed by atoms with van der Waals surface area (Å²) in [4.78, 5) is 23.6. The molecule has 0 amide bonds. The van der Waals surface area contributed by atoms with Crippen LogP contribution in [-0.2, 0) is 38.0 Å². The third-order valence-corrected chi connectivity index (χ3v) is 4.07. The Morgan fingerprint density at radius 3 is 1.63 bits per heavy atom. The van der Waals surface area contributed by atoms with E-state index in [2.05, 4.69) is 13.8 Å². The predicted octanol–water partition coefficient (Wildman–Crippen LogP) is 3.16. The predicted molar refractivity (Wildman–Crippen MR) is 113 cm³/mol. The molecular weight excluding hydrogens is 392 g/mol. The first-order valence-electron chi connectivity index (χ1n) is 11.2. The van der Waals surface area contributed by atoms with Gasteiger partial charge in [0, 0.05) is 19.6 Å². The SMILES string of the molecule is CCCOCCOCCOC(=O)CCCCC(C)C(=O)OCCOCCOCCC. The zero-order chi connectivity index (χ0) is 22.3. The first-order chi connectivity index (χ1) is 14.6. The minimum absolute atomic E-state index is 0.197. The summed E-state index contributed by atoms with van der Waals surface area (Å²) in [5.74, 6) is -0.670. The van der Waals surface area contributed by atoms with Crippen LogP contribution in [0.2, 0.25) is 0 Å². The van der Waals surface area contributed by atoms with E-state index in [0.29, 0.717) is 58.9 Å². The van der Waals surface area contributed by atoms with E-state index in [9.17, 15) is 9.59 Å². The first-order valence-corrected chi connectivity index (χ1v) is 11.2. The van der Waals surface area contributed by atoms with Gasteiger partial charge >= 0.3 is 11.9 Å². The molecule has 0 rings (SSSR count). The van der Waals surface area contributed by atoms with E-state index in [1.807, 2.05) is 6.92 Å². The van der Waals surface area contributed by atoms with Gasteiger partial charge in [-0.3, -0.25) is 9.59 Å². The second kappa shape index (κ2) is 22.5. The zero-order valence-corrected chi connectivity index (χ0v) is 19.2. The zero-order valence-electron chi connectivity index (χ0n) is 19.2. The molecule has 1 atom stereocenters. The number of unbranched alkanes of at least 4 members (excludes halogenated alkanes) is 1. The summed E-state index contributed by atoms with van der Waals surface area (Å²) in [5, 5.41) is 0. The highest BCUT2D eigenvalue weighted by Crippen LogP contribution is 2.11. The number of ether oxygens (including phenoxy) is 6. The molecular formula is C22H42O8. The lowest BCUT2D eigenvalue weighted by Gasteiger charge is -2.11. The van der Waals surface area contributed by atoms with Gasteiger partial charge in [0.25, 0.3) is 0 Å². The fourth-order valence-electron chi connectivity index (χ4n) is 2.40. The number of carbonyl (C=O) groups excluding carboxylic acids is 2. The monoisotopic (exact) mass is 434 g/mol. The molecule has 0 heterocycles. The van der Waals surface area contributed by atoms with Crippen LogP contribution in [0, 0.1) is 5.92 Å². The van der Waals surface area contributed by atoms with Gasteiger partial charge in [-0.1, -0.05) is 27.2 Å². The van der Waals surface area contributed by atoms with Crippen molar-refractivity contribution in [2.24, 2.45) is 5.92 Å². The standard InChI is InChI=1S/C22H42O8/c1-4-10-25-12-14-27-16-18-29-21(23)9-7-6-8-20(3)22(24)30-19-17-28-15-13-26-11-5-2/h20H,4-19H2,1-3H3. The highest BCUT2D eigenvalue weighted by Gasteiger charge is 2.14. The van der Waals surface area contributed by atoms with Crippen LogP contribution < -0.4 is 0 Å². The molecule has 0 spiro atoms. The average molecular weight is 435 g/mol. The maximum atomic E-state index is 11.9. The maximum absolute atomic E-state index is 11.9. The molecule has 8 nitrogen and oxygen atoms in total. The van der Waals surface area contributed by atoms with E-state index in [-0.39, 0.29) is 31.1 Å². The van der Waals surface area contributed by atoms with Gasteiger partial charge in [0.15, 0.2) is 0 Å². The summed E-state index contributed by atoms with van der Waals surface area (Å²) < 4.78 is 31.5. The largest absolute Gasteiger partial charge is 0.463 e. The van der Waals surface area contributed by atoms with E-state index in [1.165, 1.54) is 0 Å². The van der Waals surface area contributed by atoms with Crippen molar-refractivity contribution in [3.05, 3.63) is 0 Å². The van der Waals surface area contributed by atoms with Gasteiger partial charge in [0.2, 0.25) is 0 Å². The van der Waals surface area contributed by atoms with Gasteiger partial charge in [-0.25, -0.2) is 0 Å². The molecule has 0 aliphatic carbocycles. The normalized spacial score (nSPS) is 12.0. The van der Waals surface area contributed by atoms with Crippen molar-refractivity contribution < 1.29 is 38.0 Å². The smallest absolute Gasteiger partial charge is 0.308 e. The lowest BCUT2D eigenvalue weighted by molar-refractivity contribution is -0.149. The molecule has 0 saturated carbocycles. The van der Waals surface area contributed by atoms with Crippen molar-refractivity contribution in [1.29, 1.82) is 0 Å². The van der Waals surface area contributed by atoms with Crippen molar-refractivity contribution in [3.63, 3.8) is 0 Å². The molecule has 8 heteroatoms. The van der Waals surface area contributed by atoms with E-state index in [4.69, 9.17) is 28.4 Å². The van der Waals surface area contributed by atoms with Crippen molar-refractivity contribution in [3.8, 4) is 0 Å². The van der Waals surface area contributed by atoms with Gasteiger partial charge in [-0.2, -0.15) is 0 Å². The van der Waals surface area contributed by atoms with E-state index in [1.54, 1.807) is 0 Å². The molecule has 0 radical (unpaired) electrons. The Hall–Kier alpha value is -1.22. The number of hydrogen-bond acceptors (Lipinski definition) is 8. The van der Waals surface area contributed by atoms with Gasteiger partial charge in [-0.05, 0) is 25.7 Å². The number of carbonyl (C=O) groups is 2. The fourth-order valence-corrected chi connectivity index (χ4v) is 2.40. The minimum Gasteiger partial charge on any atom is -0.463 e. The molecule has 0 saturated heterocycles. The van der Waals surface area contributed by atoms with Crippen molar-refractivity contribution in [2.45, 2.75) is 59.3 Å². The van der Waals surface area contributed by atoms with Crippen LogP contribution in [-0.4, -0.2) is 78.0 Å².